The number of ether oxygens (including phenoxy) is 4. The predicted molar refractivity (Wildman–Crippen MR) is 94.4 cm³/mol. The third kappa shape index (κ3) is 4.03. The molecule has 0 aromatic heterocycles. The summed E-state index contributed by atoms with van der Waals surface area (Å²) in [6, 6.07) is 6.46. The number of fused-ring (bicyclic) bond motifs is 1. The number of carbonyl (C=O) groups is 3. The lowest BCUT2D eigenvalue weighted by Gasteiger charge is -2.11. The fraction of sp³-hybridized carbons (Fsp3) is 0.211. The molecule has 0 radical (unpaired) electrons. The van der Waals surface area contributed by atoms with Gasteiger partial charge in [-0.3, -0.25) is 9.59 Å². The summed E-state index contributed by atoms with van der Waals surface area (Å²) in [5.41, 5.74) is 0.355. The van der Waals surface area contributed by atoms with Gasteiger partial charge in [0.15, 0.2) is 35.5 Å². The van der Waals surface area contributed by atoms with Crippen LogP contribution in [0.3, 0.4) is 0 Å². The standard InChI is InChI=1S/C19H16FNO7/c1-10(22)12-6-16-17(28-9-27-16)7-14(12)21-18(23)8-26-19(24)11-3-4-15(25-2)13(20)5-11/h3-7H,8-9H2,1-2H3,(H,21,23). The van der Waals surface area contributed by atoms with Crippen LogP contribution in [0.15, 0.2) is 30.3 Å². The fourth-order valence-corrected chi connectivity index (χ4v) is 2.53. The van der Waals surface area contributed by atoms with Gasteiger partial charge in [0, 0.05) is 11.6 Å². The van der Waals surface area contributed by atoms with E-state index in [1.807, 2.05) is 0 Å². The highest BCUT2D eigenvalue weighted by atomic mass is 19.1. The first-order chi connectivity index (χ1) is 13.4. The van der Waals surface area contributed by atoms with Crippen molar-refractivity contribution in [2.75, 3.05) is 25.8 Å². The molecule has 1 N–H and O–H groups in total. The number of anilines is 1. The second kappa shape index (κ2) is 7.95. The van der Waals surface area contributed by atoms with Crippen LogP contribution in [-0.2, 0) is 9.53 Å². The lowest BCUT2D eigenvalue weighted by Crippen LogP contribution is -2.22. The first-order valence-electron chi connectivity index (χ1n) is 8.14. The molecule has 146 valence electrons. The number of hydrogen-bond donors (Lipinski definition) is 1. The Bertz CT molecular complexity index is 958. The van der Waals surface area contributed by atoms with Gasteiger partial charge in [-0.1, -0.05) is 0 Å². The van der Waals surface area contributed by atoms with Crippen molar-refractivity contribution in [2.45, 2.75) is 6.92 Å². The van der Waals surface area contributed by atoms with Crippen molar-refractivity contribution in [2.24, 2.45) is 0 Å². The van der Waals surface area contributed by atoms with Gasteiger partial charge in [0.05, 0.1) is 18.4 Å². The third-order valence-corrected chi connectivity index (χ3v) is 3.89. The first-order valence-corrected chi connectivity index (χ1v) is 8.14. The maximum atomic E-state index is 13.7. The molecule has 3 rings (SSSR count). The van der Waals surface area contributed by atoms with E-state index in [9.17, 15) is 18.8 Å². The van der Waals surface area contributed by atoms with Crippen molar-refractivity contribution in [3.8, 4) is 17.2 Å². The van der Waals surface area contributed by atoms with Crippen LogP contribution in [0.5, 0.6) is 17.2 Å². The maximum Gasteiger partial charge on any atom is 0.338 e. The summed E-state index contributed by atoms with van der Waals surface area (Å²) >= 11 is 0. The van der Waals surface area contributed by atoms with Crippen molar-refractivity contribution >= 4 is 23.3 Å². The molecule has 0 bridgehead atoms. The van der Waals surface area contributed by atoms with Crippen molar-refractivity contribution in [1.82, 2.24) is 0 Å². The van der Waals surface area contributed by atoms with E-state index in [1.54, 1.807) is 0 Å². The van der Waals surface area contributed by atoms with Crippen molar-refractivity contribution in [3.05, 3.63) is 47.3 Å². The fourth-order valence-electron chi connectivity index (χ4n) is 2.53. The highest BCUT2D eigenvalue weighted by molar-refractivity contribution is 6.05. The summed E-state index contributed by atoms with van der Waals surface area (Å²) < 4.78 is 33.7. The van der Waals surface area contributed by atoms with E-state index >= 15 is 0 Å². The Labute approximate surface area is 159 Å². The van der Waals surface area contributed by atoms with Crippen molar-refractivity contribution in [1.29, 1.82) is 0 Å². The average Bonchev–Trinajstić information content (AvgIpc) is 3.12. The lowest BCUT2D eigenvalue weighted by molar-refractivity contribution is -0.119. The van der Waals surface area contributed by atoms with Crippen LogP contribution < -0.4 is 19.5 Å². The Morgan fingerprint density at radius 1 is 1.14 bits per heavy atom. The third-order valence-electron chi connectivity index (χ3n) is 3.89. The van der Waals surface area contributed by atoms with Crippen LogP contribution in [0.1, 0.15) is 27.6 Å². The van der Waals surface area contributed by atoms with Crippen LogP contribution >= 0.6 is 0 Å². The Morgan fingerprint density at radius 3 is 2.50 bits per heavy atom. The topological polar surface area (TPSA) is 100 Å². The highest BCUT2D eigenvalue weighted by Crippen LogP contribution is 2.37. The van der Waals surface area contributed by atoms with Gasteiger partial charge in [0.1, 0.15) is 0 Å². The highest BCUT2D eigenvalue weighted by Gasteiger charge is 2.21. The maximum absolute atomic E-state index is 13.7. The van der Waals surface area contributed by atoms with E-state index in [2.05, 4.69) is 5.32 Å². The molecule has 9 heteroatoms. The second-order valence-corrected chi connectivity index (χ2v) is 5.78. The van der Waals surface area contributed by atoms with E-state index in [-0.39, 0.29) is 35.1 Å². The van der Waals surface area contributed by atoms with Gasteiger partial charge >= 0.3 is 5.97 Å². The van der Waals surface area contributed by atoms with Gasteiger partial charge in [0.2, 0.25) is 6.79 Å². The molecule has 1 aliphatic rings. The number of Topliss-reactive ketones (excluding diaryl/α,β-unsaturated/α-hetero) is 1. The van der Waals surface area contributed by atoms with Crippen LogP contribution in [0.2, 0.25) is 0 Å². The van der Waals surface area contributed by atoms with E-state index in [0.29, 0.717) is 11.5 Å². The Balaban J connectivity index is 1.65. The van der Waals surface area contributed by atoms with Crippen molar-refractivity contribution < 1.29 is 37.7 Å². The zero-order valence-corrected chi connectivity index (χ0v) is 15.0. The Hall–Kier alpha value is -3.62. The van der Waals surface area contributed by atoms with Gasteiger partial charge in [-0.15, -0.1) is 0 Å². The summed E-state index contributed by atoms with van der Waals surface area (Å²) in [6.07, 6.45) is 0. The number of rotatable bonds is 6. The molecule has 1 heterocycles. The number of hydrogen-bond acceptors (Lipinski definition) is 7. The molecule has 0 fully saturated rings. The smallest absolute Gasteiger partial charge is 0.338 e. The Morgan fingerprint density at radius 2 is 1.86 bits per heavy atom. The molecule has 8 nitrogen and oxygen atoms in total. The molecule has 28 heavy (non-hydrogen) atoms. The largest absolute Gasteiger partial charge is 0.494 e. The number of ketones is 1. The van der Waals surface area contributed by atoms with Crippen LogP contribution in [-0.4, -0.2) is 38.2 Å². The van der Waals surface area contributed by atoms with Crippen LogP contribution in [0.4, 0.5) is 10.1 Å². The number of esters is 1. The minimum atomic E-state index is -0.880. The minimum absolute atomic E-state index is 0.0140. The van der Waals surface area contributed by atoms with Gasteiger partial charge in [-0.25, -0.2) is 9.18 Å². The molecular formula is C19H16FNO7. The molecule has 0 aliphatic carbocycles. The molecule has 0 spiro atoms. The summed E-state index contributed by atoms with van der Waals surface area (Å²) in [6.45, 7) is 0.726. The molecule has 1 aliphatic heterocycles. The number of amides is 1. The number of carbonyl (C=O) groups excluding carboxylic acids is 3. The zero-order valence-electron chi connectivity index (χ0n) is 15.0. The summed E-state index contributed by atoms with van der Waals surface area (Å²) in [7, 11) is 1.30. The van der Waals surface area contributed by atoms with Gasteiger partial charge < -0.3 is 24.3 Å². The Kier molecular flexibility index (Phi) is 5.44. The van der Waals surface area contributed by atoms with E-state index in [1.165, 1.54) is 38.3 Å². The van der Waals surface area contributed by atoms with Crippen LogP contribution in [0, 0.1) is 5.82 Å². The minimum Gasteiger partial charge on any atom is -0.494 e. The van der Waals surface area contributed by atoms with Crippen LogP contribution in [0.25, 0.3) is 0 Å². The SMILES string of the molecule is COc1ccc(C(=O)OCC(=O)Nc2cc3c(cc2C(C)=O)OCO3)cc1F. The lowest BCUT2D eigenvalue weighted by atomic mass is 10.1. The van der Waals surface area contributed by atoms with Gasteiger partial charge in [-0.2, -0.15) is 0 Å². The summed E-state index contributed by atoms with van der Waals surface area (Å²) in [5.74, 6) is -1.82. The van der Waals surface area contributed by atoms with E-state index in [4.69, 9.17) is 18.9 Å². The van der Waals surface area contributed by atoms with E-state index in [0.717, 1.165) is 6.07 Å². The molecule has 0 unspecified atom stereocenters. The number of benzene rings is 2. The average molecular weight is 389 g/mol. The molecule has 0 atom stereocenters. The predicted octanol–water partition coefficient (Wildman–Crippen LogP) is 2.56. The molecular weight excluding hydrogens is 373 g/mol. The molecule has 1 amide bonds. The number of methoxy groups -OCH3 is 1. The van der Waals surface area contributed by atoms with Gasteiger partial charge in [0.25, 0.3) is 5.91 Å². The monoisotopic (exact) mass is 389 g/mol. The molecule has 2 aromatic rings. The molecule has 0 saturated carbocycles. The first kappa shape index (κ1) is 19.2. The molecule has 0 saturated heterocycles. The quantitative estimate of drug-likeness (QED) is 0.599. The number of nitrogens with one attached hydrogen (secondary N) is 1. The summed E-state index contributed by atoms with van der Waals surface area (Å²) in [5, 5.41) is 2.49. The van der Waals surface area contributed by atoms with Crippen molar-refractivity contribution in [3.63, 3.8) is 0 Å². The second-order valence-electron chi connectivity index (χ2n) is 5.78. The summed E-state index contributed by atoms with van der Waals surface area (Å²) in [4.78, 5) is 35.9. The zero-order chi connectivity index (χ0) is 20.3. The number of halogens is 1. The van der Waals surface area contributed by atoms with Gasteiger partial charge in [-0.05, 0) is 31.2 Å². The normalized spacial score (nSPS) is 11.7. The van der Waals surface area contributed by atoms with E-state index < -0.39 is 24.3 Å². The molecule has 2 aromatic carbocycles.